The van der Waals surface area contributed by atoms with Gasteiger partial charge in [-0.3, -0.25) is 0 Å². The van der Waals surface area contributed by atoms with Gasteiger partial charge in [-0.05, 0) is 31.4 Å². The van der Waals surface area contributed by atoms with E-state index in [0.717, 1.165) is 19.3 Å². The summed E-state index contributed by atoms with van der Waals surface area (Å²) in [5.74, 6) is 0.331. The van der Waals surface area contributed by atoms with Crippen LogP contribution in [0.1, 0.15) is 25.1 Å². The van der Waals surface area contributed by atoms with E-state index in [1.807, 2.05) is 0 Å². The van der Waals surface area contributed by atoms with Crippen molar-refractivity contribution in [1.82, 2.24) is 15.1 Å². The molecule has 3 rings (SSSR count). The number of nitrogens with two attached hydrogens (primary N) is 1. The summed E-state index contributed by atoms with van der Waals surface area (Å²) in [6.45, 7) is 0. The lowest BCUT2D eigenvalue weighted by Gasteiger charge is -2.34. The predicted molar refractivity (Wildman–Crippen MR) is 76.4 cm³/mol. The SMILES string of the molecule is Cl.NC1(c2noc(-c3cccnc3SC(F)(F)F)n2)CCC1. The number of rotatable bonds is 3. The number of thioether (sulfide) groups is 1. The fourth-order valence-electron chi connectivity index (χ4n) is 2.06. The second kappa shape index (κ2) is 6.05. The molecule has 0 bridgehead atoms. The second-order valence-corrected chi connectivity index (χ2v) is 5.89. The molecule has 1 aliphatic rings. The summed E-state index contributed by atoms with van der Waals surface area (Å²) in [5.41, 5.74) is 1.16. The third-order valence-corrected chi connectivity index (χ3v) is 4.08. The molecule has 0 aromatic carbocycles. The Morgan fingerprint density at radius 1 is 1.32 bits per heavy atom. The first-order valence-electron chi connectivity index (χ1n) is 6.22. The zero-order valence-electron chi connectivity index (χ0n) is 11.1. The van der Waals surface area contributed by atoms with Gasteiger partial charge in [-0.15, -0.1) is 12.4 Å². The highest BCUT2D eigenvalue weighted by molar-refractivity contribution is 8.00. The quantitative estimate of drug-likeness (QED) is 0.852. The van der Waals surface area contributed by atoms with Crippen molar-refractivity contribution >= 4 is 24.2 Å². The highest BCUT2D eigenvalue weighted by Crippen LogP contribution is 2.41. The summed E-state index contributed by atoms with van der Waals surface area (Å²) >= 11 is -0.311. The molecule has 0 spiro atoms. The van der Waals surface area contributed by atoms with Crippen molar-refractivity contribution in [2.24, 2.45) is 5.73 Å². The van der Waals surface area contributed by atoms with E-state index in [2.05, 4.69) is 15.1 Å². The molecule has 1 fully saturated rings. The maximum absolute atomic E-state index is 12.5. The van der Waals surface area contributed by atoms with Gasteiger partial charge in [0.25, 0.3) is 5.89 Å². The lowest BCUT2D eigenvalue weighted by molar-refractivity contribution is -0.0329. The number of hydrogen-bond donors (Lipinski definition) is 1. The van der Waals surface area contributed by atoms with Crippen LogP contribution >= 0.6 is 24.2 Å². The fourth-order valence-corrected chi connectivity index (χ4v) is 2.66. The standard InChI is InChI=1S/C12H11F3N4OS.ClH/c13-12(14,15)21-9-7(3-1-6-17-9)8-18-10(19-20-8)11(16)4-2-5-11;/h1,3,6H,2,4-5,16H2;1H. The van der Waals surface area contributed by atoms with E-state index in [1.54, 1.807) is 0 Å². The summed E-state index contributed by atoms with van der Waals surface area (Å²) in [7, 11) is 0. The summed E-state index contributed by atoms with van der Waals surface area (Å²) < 4.78 is 42.7. The first-order chi connectivity index (χ1) is 9.87. The number of nitrogens with zero attached hydrogens (tertiary/aromatic N) is 3. The van der Waals surface area contributed by atoms with Crippen LogP contribution in [0, 0.1) is 0 Å². The number of pyridine rings is 1. The van der Waals surface area contributed by atoms with E-state index < -0.39 is 11.0 Å². The van der Waals surface area contributed by atoms with E-state index >= 15 is 0 Å². The molecule has 0 aliphatic heterocycles. The maximum Gasteiger partial charge on any atom is 0.447 e. The molecular formula is C12H12ClF3N4OS. The van der Waals surface area contributed by atoms with Crippen molar-refractivity contribution in [3.8, 4) is 11.5 Å². The van der Waals surface area contributed by atoms with E-state index in [0.29, 0.717) is 5.82 Å². The smallest absolute Gasteiger partial charge is 0.334 e. The Morgan fingerprint density at radius 3 is 2.64 bits per heavy atom. The van der Waals surface area contributed by atoms with Gasteiger partial charge in [0.15, 0.2) is 5.82 Å². The van der Waals surface area contributed by atoms with Gasteiger partial charge >= 0.3 is 5.51 Å². The number of hydrogen-bond acceptors (Lipinski definition) is 6. The average Bonchev–Trinajstić information content (AvgIpc) is 2.84. The van der Waals surface area contributed by atoms with Gasteiger partial charge in [-0.1, -0.05) is 5.16 Å². The van der Waals surface area contributed by atoms with Crippen LogP contribution in [0.3, 0.4) is 0 Å². The maximum atomic E-state index is 12.5. The topological polar surface area (TPSA) is 77.8 Å². The van der Waals surface area contributed by atoms with E-state index in [-0.39, 0.29) is 40.6 Å². The minimum atomic E-state index is -4.44. The molecule has 10 heteroatoms. The van der Waals surface area contributed by atoms with Crippen molar-refractivity contribution < 1.29 is 17.7 Å². The van der Waals surface area contributed by atoms with Gasteiger partial charge in [0.2, 0.25) is 0 Å². The van der Waals surface area contributed by atoms with Gasteiger partial charge in [0.1, 0.15) is 5.03 Å². The van der Waals surface area contributed by atoms with Crippen LogP contribution in [0.25, 0.3) is 11.5 Å². The molecule has 22 heavy (non-hydrogen) atoms. The Hall–Kier alpha value is -1.32. The molecule has 0 atom stereocenters. The van der Waals surface area contributed by atoms with Crippen LogP contribution in [-0.2, 0) is 5.54 Å². The predicted octanol–water partition coefficient (Wildman–Crippen LogP) is 3.50. The molecule has 2 aromatic rings. The highest BCUT2D eigenvalue weighted by atomic mass is 35.5. The number of halogens is 4. The second-order valence-electron chi connectivity index (χ2n) is 4.84. The molecule has 2 N–H and O–H groups in total. The Bertz CT molecular complexity index is 660. The summed E-state index contributed by atoms with van der Waals surface area (Å²) in [6, 6.07) is 2.98. The molecule has 2 heterocycles. The summed E-state index contributed by atoms with van der Waals surface area (Å²) in [6.07, 6.45) is 3.74. The van der Waals surface area contributed by atoms with E-state index in [4.69, 9.17) is 10.3 Å². The van der Waals surface area contributed by atoms with Crippen LogP contribution < -0.4 is 5.73 Å². The molecule has 1 aliphatic carbocycles. The molecule has 0 radical (unpaired) electrons. The molecule has 0 unspecified atom stereocenters. The van der Waals surface area contributed by atoms with Crippen molar-refractivity contribution in [3.63, 3.8) is 0 Å². The lowest BCUT2D eigenvalue weighted by Crippen LogP contribution is -2.44. The van der Waals surface area contributed by atoms with Crippen LogP contribution in [-0.4, -0.2) is 20.6 Å². The Morgan fingerprint density at radius 2 is 2.05 bits per heavy atom. The largest absolute Gasteiger partial charge is 0.447 e. The van der Waals surface area contributed by atoms with Crippen LogP contribution in [0.4, 0.5) is 13.2 Å². The highest BCUT2D eigenvalue weighted by Gasteiger charge is 2.39. The average molecular weight is 353 g/mol. The third kappa shape index (κ3) is 3.36. The van der Waals surface area contributed by atoms with E-state index in [9.17, 15) is 13.2 Å². The fraction of sp³-hybridized carbons (Fsp3) is 0.417. The zero-order valence-corrected chi connectivity index (χ0v) is 12.8. The van der Waals surface area contributed by atoms with Gasteiger partial charge in [0.05, 0.1) is 11.1 Å². The van der Waals surface area contributed by atoms with Crippen LogP contribution in [0.5, 0.6) is 0 Å². The van der Waals surface area contributed by atoms with Gasteiger partial charge < -0.3 is 10.3 Å². The first-order valence-corrected chi connectivity index (χ1v) is 7.03. The monoisotopic (exact) mass is 352 g/mol. The molecule has 120 valence electrons. The molecule has 2 aromatic heterocycles. The van der Waals surface area contributed by atoms with E-state index in [1.165, 1.54) is 18.3 Å². The molecular weight excluding hydrogens is 341 g/mol. The van der Waals surface area contributed by atoms with Crippen LogP contribution in [0.2, 0.25) is 0 Å². The molecule has 0 amide bonds. The molecule has 1 saturated carbocycles. The number of alkyl halides is 3. The molecule has 0 saturated heterocycles. The first kappa shape index (κ1) is 17.0. The van der Waals surface area contributed by atoms with Gasteiger partial charge in [0, 0.05) is 18.0 Å². The van der Waals surface area contributed by atoms with Gasteiger partial charge in [-0.25, -0.2) is 4.98 Å². The Balaban J connectivity index is 0.00000176. The van der Waals surface area contributed by atoms with Gasteiger partial charge in [-0.2, -0.15) is 18.2 Å². The van der Waals surface area contributed by atoms with Crippen molar-refractivity contribution in [3.05, 3.63) is 24.2 Å². The Kier molecular flexibility index (Phi) is 4.69. The van der Waals surface area contributed by atoms with Crippen LogP contribution in [0.15, 0.2) is 27.9 Å². The molecule has 5 nitrogen and oxygen atoms in total. The number of aromatic nitrogens is 3. The van der Waals surface area contributed by atoms with Crippen molar-refractivity contribution in [1.29, 1.82) is 0 Å². The minimum absolute atomic E-state index is 0. The summed E-state index contributed by atoms with van der Waals surface area (Å²) in [5, 5.41) is 3.57. The zero-order chi connectivity index (χ0) is 15.1. The normalized spacial score (nSPS) is 16.7. The lowest BCUT2D eigenvalue weighted by atomic mass is 9.77. The van der Waals surface area contributed by atoms with Crippen molar-refractivity contribution in [2.45, 2.75) is 35.3 Å². The Labute approximate surface area is 134 Å². The third-order valence-electron chi connectivity index (χ3n) is 3.33. The summed E-state index contributed by atoms with van der Waals surface area (Å²) in [4.78, 5) is 7.87. The van der Waals surface area contributed by atoms with Crippen molar-refractivity contribution in [2.75, 3.05) is 0 Å². The minimum Gasteiger partial charge on any atom is -0.334 e.